The maximum absolute atomic E-state index is 13.9. The largest absolute Gasteiger partial charge is 0.494 e. The molecule has 2 heterocycles. The van der Waals surface area contributed by atoms with Crippen molar-refractivity contribution in [2.75, 3.05) is 6.61 Å². The fourth-order valence-corrected chi connectivity index (χ4v) is 4.80. The van der Waals surface area contributed by atoms with E-state index in [1.165, 1.54) is 0 Å². The quantitative estimate of drug-likeness (QED) is 0.128. The number of ether oxygens (including phenoxy) is 1. The van der Waals surface area contributed by atoms with E-state index in [0.717, 1.165) is 45.9 Å². The van der Waals surface area contributed by atoms with Crippen LogP contribution in [0, 0.1) is 18.3 Å². The molecule has 3 aromatic carbocycles. The van der Waals surface area contributed by atoms with Gasteiger partial charge in [-0.15, -0.1) is 0 Å². The Hall–Kier alpha value is -5.22. The topological polar surface area (TPSA) is 88.2 Å². The van der Waals surface area contributed by atoms with Gasteiger partial charge < -0.3 is 4.74 Å². The lowest BCUT2D eigenvalue weighted by Crippen LogP contribution is -2.42. The minimum absolute atomic E-state index is 0.0451. The van der Waals surface area contributed by atoms with Crippen molar-refractivity contribution >= 4 is 17.9 Å². The third kappa shape index (κ3) is 5.93. The van der Waals surface area contributed by atoms with Crippen LogP contribution < -0.4 is 4.74 Å². The molecular weight excluding hydrogens is 524 g/mol. The molecule has 2 amide bonds. The van der Waals surface area contributed by atoms with Crippen molar-refractivity contribution in [1.29, 1.82) is 5.26 Å². The molecular formula is C35H32N4O3. The number of aryl methyl sites for hydroxylation is 1. The molecule has 1 aliphatic heterocycles. The lowest BCUT2D eigenvalue weighted by atomic mass is 9.93. The maximum atomic E-state index is 13.9. The third-order valence-corrected chi connectivity index (χ3v) is 7.22. The molecule has 0 saturated heterocycles. The molecule has 1 aromatic heterocycles. The van der Waals surface area contributed by atoms with Gasteiger partial charge in [0.1, 0.15) is 23.1 Å². The molecule has 0 N–H and O–H groups in total. The summed E-state index contributed by atoms with van der Waals surface area (Å²) in [6, 6.07) is 27.1. The van der Waals surface area contributed by atoms with Crippen LogP contribution in [0.5, 0.6) is 5.75 Å². The fraction of sp³-hybridized carbons (Fsp3) is 0.200. The summed E-state index contributed by atoms with van der Waals surface area (Å²) >= 11 is 0. The summed E-state index contributed by atoms with van der Waals surface area (Å²) in [5, 5.41) is 14.8. The maximum Gasteiger partial charge on any atom is 0.271 e. The minimum Gasteiger partial charge on any atom is -0.494 e. The van der Waals surface area contributed by atoms with E-state index in [1.54, 1.807) is 17.7 Å². The molecule has 0 radical (unpaired) electrons. The number of carbonyl (C=O) groups excluding carboxylic acids is 2. The third-order valence-electron chi connectivity index (χ3n) is 7.22. The highest BCUT2D eigenvalue weighted by molar-refractivity contribution is 6.19. The summed E-state index contributed by atoms with van der Waals surface area (Å²) in [7, 11) is 0. The molecule has 0 bridgehead atoms. The number of para-hydroxylation sites is 1. The highest BCUT2D eigenvalue weighted by Crippen LogP contribution is 2.33. The SMILES string of the molecule is CCCCOc1cccc(-c2nn(-c3ccccc3)cc2/C=C2/C(=O)N(Cc3ccc(C)cc3)C(=O)C(C#N)=C2C)c1. The zero-order chi connectivity index (χ0) is 29.6. The van der Waals surface area contributed by atoms with Crippen LogP contribution in [0.3, 0.4) is 0 Å². The number of unbranched alkanes of at least 4 members (excludes halogenated alkanes) is 1. The van der Waals surface area contributed by atoms with Gasteiger partial charge in [0.05, 0.1) is 18.8 Å². The van der Waals surface area contributed by atoms with Crippen molar-refractivity contribution in [3.63, 3.8) is 0 Å². The number of nitrogens with zero attached hydrogens (tertiary/aromatic N) is 4. The highest BCUT2D eigenvalue weighted by atomic mass is 16.5. The number of hydrogen-bond acceptors (Lipinski definition) is 5. The fourth-order valence-electron chi connectivity index (χ4n) is 4.80. The van der Waals surface area contributed by atoms with Crippen LogP contribution in [-0.4, -0.2) is 33.1 Å². The van der Waals surface area contributed by atoms with Gasteiger partial charge in [-0.3, -0.25) is 14.5 Å². The van der Waals surface area contributed by atoms with Gasteiger partial charge in [0.25, 0.3) is 11.8 Å². The van der Waals surface area contributed by atoms with E-state index < -0.39 is 11.8 Å². The summed E-state index contributed by atoms with van der Waals surface area (Å²) in [5.74, 6) is -0.303. The summed E-state index contributed by atoms with van der Waals surface area (Å²) in [6.07, 6.45) is 5.58. The molecule has 7 heteroatoms. The molecule has 0 aliphatic carbocycles. The first-order valence-electron chi connectivity index (χ1n) is 14.0. The summed E-state index contributed by atoms with van der Waals surface area (Å²) in [6.45, 7) is 6.43. The van der Waals surface area contributed by atoms with Crippen molar-refractivity contribution in [3.8, 4) is 28.8 Å². The van der Waals surface area contributed by atoms with Crippen LogP contribution >= 0.6 is 0 Å². The van der Waals surface area contributed by atoms with Crippen molar-refractivity contribution in [2.45, 2.75) is 40.2 Å². The Bertz CT molecular complexity index is 1720. The predicted molar refractivity (Wildman–Crippen MR) is 162 cm³/mol. The van der Waals surface area contributed by atoms with Gasteiger partial charge in [-0.25, -0.2) is 4.68 Å². The Morgan fingerprint density at radius 1 is 0.952 bits per heavy atom. The van der Waals surface area contributed by atoms with Crippen LogP contribution in [0.4, 0.5) is 0 Å². The van der Waals surface area contributed by atoms with E-state index >= 15 is 0 Å². The van der Waals surface area contributed by atoms with Crippen LogP contribution in [0.15, 0.2) is 102 Å². The molecule has 5 rings (SSSR count). The van der Waals surface area contributed by atoms with Crippen LogP contribution in [0.2, 0.25) is 0 Å². The number of hydrogen-bond donors (Lipinski definition) is 0. The average Bonchev–Trinajstić information content (AvgIpc) is 3.43. The van der Waals surface area contributed by atoms with E-state index in [4.69, 9.17) is 9.84 Å². The molecule has 4 aromatic rings. The lowest BCUT2D eigenvalue weighted by molar-refractivity contribution is -0.141. The molecule has 0 atom stereocenters. The molecule has 0 unspecified atom stereocenters. The number of amides is 2. The Kier molecular flexibility index (Phi) is 8.44. The van der Waals surface area contributed by atoms with Gasteiger partial charge >= 0.3 is 0 Å². The van der Waals surface area contributed by atoms with Crippen LogP contribution in [0.25, 0.3) is 23.0 Å². The second-order valence-corrected chi connectivity index (χ2v) is 10.3. The van der Waals surface area contributed by atoms with Crippen molar-refractivity contribution in [2.24, 2.45) is 0 Å². The Labute approximate surface area is 246 Å². The number of benzene rings is 3. The summed E-state index contributed by atoms with van der Waals surface area (Å²) in [5.41, 5.74) is 5.46. The first kappa shape index (κ1) is 28.3. The van der Waals surface area contributed by atoms with Crippen molar-refractivity contribution < 1.29 is 14.3 Å². The smallest absolute Gasteiger partial charge is 0.271 e. The van der Waals surface area contributed by atoms with Gasteiger partial charge in [0.15, 0.2) is 0 Å². The van der Waals surface area contributed by atoms with Crippen molar-refractivity contribution in [1.82, 2.24) is 14.7 Å². The molecule has 0 fully saturated rings. The van der Waals surface area contributed by atoms with Gasteiger partial charge in [0, 0.05) is 22.9 Å². The van der Waals surface area contributed by atoms with Crippen LogP contribution in [-0.2, 0) is 16.1 Å². The number of carbonyl (C=O) groups is 2. The van der Waals surface area contributed by atoms with Gasteiger partial charge in [-0.05, 0) is 61.7 Å². The second kappa shape index (κ2) is 12.5. The molecule has 0 saturated carbocycles. The molecule has 7 nitrogen and oxygen atoms in total. The zero-order valence-electron chi connectivity index (χ0n) is 24.0. The number of aromatic nitrogens is 2. The standard InChI is InChI=1S/C35H32N4O3/c1-4-5-18-42-30-13-9-10-27(19-30)33-28(23-39(37-33)29-11-7-6-8-12-29)20-31-25(3)32(21-36)35(41)38(34(31)40)22-26-16-14-24(2)15-17-26/h6-17,19-20,23H,4-5,18,22H2,1-3H3/b31-20+. The lowest BCUT2D eigenvalue weighted by Gasteiger charge is -2.27. The van der Waals surface area contributed by atoms with E-state index in [0.29, 0.717) is 23.4 Å². The first-order chi connectivity index (χ1) is 20.4. The second-order valence-electron chi connectivity index (χ2n) is 10.3. The van der Waals surface area contributed by atoms with Crippen LogP contribution in [0.1, 0.15) is 43.4 Å². The monoisotopic (exact) mass is 556 g/mol. The minimum atomic E-state index is -0.588. The van der Waals surface area contributed by atoms with Gasteiger partial charge in [-0.2, -0.15) is 10.4 Å². The summed E-state index contributed by atoms with van der Waals surface area (Å²) < 4.78 is 7.71. The normalized spacial score (nSPS) is 14.4. The Morgan fingerprint density at radius 2 is 1.71 bits per heavy atom. The molecule has 42 heavy (non-hydrogen) atoms. The van der Waals surface area contributed by atoms with E-state index in [2.05, 4.69) is 6.92 Å². The number of nitriles is 1. The highest BCUT2D eigenvalue weighted by Gasteiger charge is 2.35. The zero-order valence-corrected chi connectivity index (χ0v) is 24.0. The Morgan fingerprint density at radius 3 is 2.43 bits per heavy atom. The molecule has 210 valence electrons. The Balaban J connectivity index is 1.61. The summed E-state index contributed by atoms with van der Waals surface area (Å²) in [4.78, 5) is 28.2. The molecule has 1 aliphatic rings. The van der Waals surface area contributed by atoms with E-state index in [-0.39, 0.29) is 17.7 Å². The number of rotatable bonds is 9. The number of imide groups is 1. The van der Waals surface area contributed by atoms with Gasteiger partial charge in [0.2, 0.25) is 0 Å². The van der Waals surface area contributed by atoms with E-state index in [1.807, 2.05) is 98.1 Å². The predicted octanol–water partition coefficient (Wildman–Crippen LogP) is 6.82. The average molecular weight is 557 g/mol. The van der Waals surface area contributed by atoms with E-state index in [9.17, 15) is 14.9 Å². The first-order valence-corrected chi connectivity index (χ1v) is 14.0. The van der Waals surface area contributed by atoms with Crippen molar-refractivity contribution in [3.05, 3.63) is 118 Å². The van der Waals surface area contributed by atoms with Gasteiger partial charge in [-0.1, -0.05) is 73.5 Å². The molecule has 0 spiro atoms.